The Morgan fingerprint density at radius 2 is 1.74 bits per heavy atom. The molecule has 1 saturated heterocycles. The van der Waals surface area contributed by atoms with Crippen LogP contribution in [0.1, 0.15) is 60.3 Å². The second kappa shape index (κ2) is 7.76. The molecular weight excluding hydrogens is 348 g/mol. The summed E-state index contributed by atoms with van der Waals surface area (Å²) in [6.07, 6.45) is 4.46. The molecule has 0 aromatic carbocycles. The molecule has 3 aliphatic rings. The fraction of sp³-hybridized carbons (Fsp3) is 0.600. The van der Waals surface area contributed by atoms with Crippen LogP contribution in [0.25, 0.3) is 0 Å². The van der Waals surface area contributed by atoms with Crippen LogP contribution < -0.4 is 0 Å². The lowest BCUT2D eigenvalue weighted by molar-refractivity contribution is -0.122. The summed E-state index contributed by atoms with van der Waals surface area (Å²) in [6.45, 7) is 2.66. The zero-order valence-electron chi connectivity index (χ0n) is 15.4. The predicted molar refractivity (Wildman–Crippen MR) is 95.4 cm³/mol. The first kappa shape index (κ1) is 18.1. The fourth-order valence-corrected chi connectivity index (χ4v) is 4.20. The van der Waals surface area contributed by atoms with E-state index >= 15 is 0 Å². The van der Waals surface area contributed by atoms with Gasteiger partial charge in [0.1, 0.15) is 5.76 Å². The Bertz CT molecular complexity index is 801. The Hall–Kier alpha value is -2.28. The molecule has 7 nitrogen and oxygen atoms in total. The van der Waals surface area contributed by atoms with Gasteiger partial charge in [-0.2, -0.15) is 0 Å². The van der Waals surface area contributed by atoms with Gasteiger partial charge in [0, 0.05) is 50.9 Å². The Kier molecular flexibility index (Phi) is 5.20. The van der Waals surface area contributed by atoms with E-state index in [1.807, 2.05) is 0 Å². The molecule has 0 radical (unpaired) electrons. The van der Waals surface area contributed by atoms with E-state index < -0.39 is 0 Å². The quantitative estimate of drug-likeness (QED) is 0.731. The number of ketones is 3. The first-order valence-corrected chi connectivity index (χ1v) is 9.78. The van der Waals surface area contributed by atoms with E-state index in [2.05, 4.69) is 10.1 Å². The van der Waals surface area contributed by atoms with E-state index in [9.17, 15) is 14.4 Å². The van der Waals surface area contributed by atoms with Crippen LogP contribution in [0, 0.1) is 0 Å². The van der Waals surface area contributed by atoms with Gasteiger partial charge in [-0.25, -0.2) is 0 Å². The summed E-state index contributed by atoms with van der Waals surface area (Å²) in [7, 11) is 0. The van der Waals surface area contributed by atoms with Crippen molar-refractivity contribution in [2.45, 2.75) is 51.4 Å². The van der Waals surface area contributed by atoms with Crippen LogP contribution in [0.4, 0.5) is 0 Å². The highest BCUT2D eigenvalue weighted by Crippen LogP contribution is 2.29. The molecule has 0 saturated carbocycles. The molecule has 1 aromatic heterocycles. The third-order valence-corrected chi connectivity index (χ3v) is 5.57. The van der Waals surface area contributed by atoms with E-state index in [1.165, 1.54) is 0 Å². The number of aryl methyl sites for hydroxylation is 2. The van der Waals surface area contributed by atoms with Crippen molar-refractivity contribution in [3.63, 3.8) is 0 Å². The number of carbonyl (C=O) groups excluding carboxylic acids is 3. The van der Waals surface area contributed by atoms with Crippen molar-refractivity contribution >= 4 is 17.3 Å². The van der Waals surface area contributed by atoms with Crippen LogP contribution in [-0.2, 0) is 27.2 Å². The molecule has 0 bridgehead atoms. The number of fused-ring (bicyclic) bond motifs is 1. The molecule has 27 heavy (non-hydrogen) atoms. The topological polar surface area (TPSA) is 89.7 Å². The van der Waals surface area contributed by atoms with Crippen LogP contribution in [0.3, 0.4) is 0 Å². The van der Waals surface area contributed by atoms with Gasteiger partial charge in [0.05, 0.1) is 30.0 Å². The number of carbonyl (C=O) groups is 3. The first-order chi connectivity index (χ1) is 13.1. The monoisotopic (exact) mass is 372 g/mol. The van der Waals surface area contributed by atoms with Crippen molar-refractivity contribution in [3.8, 4) is 0 Å². The molecule has 0 atom stereocenters. The van der Waals surface area contributed by atoms with Crippen molar-refractivity contribution < 1.29 is 23.6 Å². The van der Waals surface area contributed by atoms with Gasteiger partial charge < -0.3 is 14.2 Å². The van der Waals surface area contributed by atoms with Gasteiger partial charge >= 0.3 is 0 Å². The number of rotatable bonds is 5. The van der Waals surface area contributed by atoms with Crippen molar-refractivity contribution in [3.05, 3.63) is 28.3 Å². The molecule has 0 spiro atoms. The molecule has 4 rings (SSSR count). The molecule has 0 amide bonds. The van der Waals surface area contributed by atoms with Crippen LogP contribution in [0.5, 0.6) is 0 Å². The first-order valence-electron chi connectivity index (χ1n) is 9.78. The second-order valence-corrected chi connectivity index (χ2v) is 7.33. The Labute approximate surface area is 157 Å². The van der Waals surface area contributed by atoms with Crippen molar-refractivity contribution in [1.29, 1.82) is 0 Å². The second-order valence-electron chi connectivity index (χ2n) is 7.33. The van der Waals surface area contributed by atoms with Gasteiger partial charge in [0.25, 0.3) is 0 Å². The summed E-state index contributed by atoms with van der Waals surface area (Å²) in [5, 5.41) is 4.02. The average Bonchev–Trinajstić information content (AvgIpc) is 3.11. The van der Waals surface area contributed by atoms with Crippen molar-refractivity contribution in [2.24, 2.45) is 0 Å². The highest BCUT2D eigenvalue weighted by Gasteiger charge is 2.31. The third kappa shape index (κ3) is 3.60. The highest BCUT2D eigenvalue weighted by atomic mass is 16.5. The summed E-state index contributed by atoms with van der Waals surface area (Å²) in [5.74, 6) is 0.463. The van der Waals surface area contributed by atoms with Crippen LogP contribution in [-0.4, -0.2) is 53.7 Å². The lowest BCUT2D eigenvalue weighted by Crippen LogP contribution is -2.38. The number of allylic oxidation sites excluding steroid dienone is 2. The number of hydrogen-bond donors (Lipinski definition) is 0. The zero-order chi connectivity index (χ0) is 18.8. The molecule has 0 unspecified atom stereocenters. The van der Waals surface area contributed by atoms with E-state index in [1.54, 1.807) is 0 Å². The molecule has 2 aliphatic carbocycles. The minimum absolute atomic E-state index is 0.0434. The Morgan fingerprint density at radius 1 is 1.00 bits per heavy atom. The largest absolute Gasteiger partial charge is 0.378 e. The maximum atomic E-state index is 12.9. The average molecular weight is 372 g/mol. The molecule has 0 N–H and O–H groups in total. The van der Waals surface area contributed by atoms with Crippen molar-refractivity contribution in [2.75, 3.05) is 26.3 Å². The van der Waals surface area contributed by atoms with Crippen molar-refractivity contribution in [1.82, 2.24) is 10.1 Å². The number of morpholine rings is 1. The highest BCUT2D eigenvalue weighted by molar-refractivity contribution is 6.21. The minimum atomic E-state index is -0.152. The van der Waals surface area contributed by atoms with E-state index in [0.717, 1.165) is 25.0 Å². The van der Waals surface area contributed by atoms with Gasteiger partial charge in [-0.1, -0.05) is 5.16 Å². The van der Waals surface area contributed by atoms with Gasteiger partial charge in [-0.05, 0) is 19.3 Å². The summed E-state index contributed by atoms with van der Waals surface area (Å²) >= 11 is 0. The maximum absolute atomic E-state index is 12.9. The number of aromatic nitrogens is 1. The molecule has 2 heterocycles. The lowest BCUT2D eigenvalue weighted by Gasteiger charge is -2.34. The van der Waals surface area contributed by atoms with Crippen LogP contribution in [0.15, 0.2) is 15.8 Å². The van der Waals surface area contributed by atoms with Crippen LogP contribution >= 0.6 is 0 Å². The van der Waals surface area contributed by atoms with Gasteiger partial charge in [0.2, 0.25) is 0 Å². The maximum Gasteiger partial charge on any atom is 0.168 e. The molecule has 1 aliphatic heterocycles. The number of Topliss-reactive ketones (excluding diaryl/α,β-unsaturated/α-hetero) is 3. The fourth-order valence-electron chi connectivity index (χ4n) is 4.20. The molecule has 144 valence electrons. The van der Waals surface area contributed by atoms with Gasteiger partial charge in [-0.15, -0.1) is 0 Å². The molecule has 1 aromatic rings. The summed E-state index contributed by atoms with van der Waals surface area (Å²) in [6, 6.07) is 0. The predicted octanol–water partition coefficient (Wildman–Crippen LogP) is 2.03. The zero-order valence-corrected chi connectivity index (χ0v) is 15.4. The molecule has 1 fully saturated rings. The van der Waals surface area contributed by atoms with E-state index in [-0.39, 0.29) is 23.8 Å². The number of hydrogen-bond acceptors (Lipinski definition) is 7. The SMILES string of the molecule is O=C1CCCC(N2CCOCC2)=C1C(=O)CCc1noc2c1C(=O)CCC2. The Morgan fingerprint density at radius 3 is 2.56 bits per heavy atom. The summed E-state index contributed by atoms with van der Waals surface area (Å²) < 4.78 is 10.7. The minimum Gasteiger partial charge on any atom is -0.378 e. The normalized spacial score (nSPS) is 20.8. The number of ether oxygens (including phenoxy) is 1. The Balaban J connectivity index is 1.52. The molecule has 7 heteroatoms. The van der Waals surface area contributed by atoms with E-state index in [0.29, 0.717) is 74.6 Å². The molecular formula is C20H24N2O5. The van der Waals surface area contributed by atoms with Gasteiger partial charge in [0.15, 0.2) is 17.3 Å². The van der Waals surface area contributed by atoms with Crippen LogP contribution in [0.2, 0.25) is 0 Å². The standard InChI is InChI=1S/C20H24N2O5/c23-15-5-2-6-18-19(15)13(21-27-18)7-8-17(25)20-14(3-1-4-16(20)24)22-9-11-26-12-10-22/h1-12H2. The lowest BCUT2D eigenvalue weighted by atomic mass is 9.88. The summed E-state index contributed by atoms with van der Waals surface area (Å²) in [5.41, 5.74) is 2.34. The third-order valence-electron chi connectivity index (χ3n) is 5.57. The van der Waals surface area contributed by atoms with Gasteiger partial charge in [-0.3, -0.25) is 14.4 Å². The van der Waals surface area contributed by atoms with E-state index in [4.69, 9.17) is 9.26 Å². The summed E-state index contributed by atoms with van der Waals surface area (Å²) in [4.78, 5) is 39.7. The number of nitrogens with zero attached hydrogens (tertiary/aromatic N) is 2. The smallest absolute Gasteiger partial charge is 0.168 e.